The average Bonchev–Trinajstić information content (AvgIpc) is 2.79. The molecule has 166 valence electrons. The van der Waals surface area contributed by atoms with Crippen molar-refractivity contribution >= 4 is 35.0 Å². The van der Waals surface area contributed by atoms with Crippen LogP contribution >= 0.6 is 23.2 Å². The van der Waals surface area contributed by atoms with Gasteiger partial charge in [0.05, 0.1) is 23.3 Å². The summed E-state index contributed by atoms with van der Waals surface area (Å²) < 4.78 is 5.35. The van der Waals surface area contributed by atoms with Gasteiger partial charge in [0.15, 0.2) is 0 Å². The first-order valence-corrected chi connectivity index (χ1v) is 11.2. The third-order valence-corrected chi connectivity index (χ3v) is 5.88. The molecule has 1 atom stereocenters. The van der Waals surface area contributed by atoms with E-state index in [0.717, 1.165) is 44.8 Å². The molecular weight excluding hydrogens is 437 g/mol. The molecule has 0 bridgehead atoms. The highest BCUT2D eigenvalue weighted by molar-refractivity contribution is 6.42. The summed E-state index contributed by atoms with van der Waals surface area (Å²) in [5.41, 5.74) is 1.32. The van der Waals surface area contributed by atoms with Crippen LogP contribution in [0.4, 0.5) is 0 Å². The van der Waals surface area contributed by atoms with Crippen molar-refractivity contribution in [3.05, 3.63) is 69.7 Å². The minimum Gasteiger partial charge on any atom is -0.379 e. The number of benzene rings is 2. The van der Waals surface area contributed by atoms with Crippen molar-refractivity contribution in [2.45, 2.75) is 18.9 Å². The van der Waals surface area contributed by atoms with Crippen LogP contribution < -0.4 is 10.6 Å². The first-order valence-electron chi connectivity index (χ1n) is 10.4. The Hall–Kier alpha value is -2.12. The molecule has 0 spiro atoms. The first kappa shape index (κ1) is 23.5. The highest BCUT2D eigenvalue weighted by Crippen LogP contribution is 2.22. The number of carbonyl (C=O) groups is 2. The molecule has 0 saturated carbocycles. The number of nitrogens with one attached hydrogen (secondary N) is 2. The van der Waals surface area contributed by atoms with E-state index in [2.05, 4.69) is 15.5 Å². The number of hydrogen-bond acceptors (Lipinski definition) is 4. The minimum absolute atomic E-state index is 0.209. The average molecular weight is 464 g/mol. The van der Waals surface area contributed by atoms with Crippen LogP contribution in [0.2, 0.25) is 10.0 Å². The van der Waals surface area contributed by atoms with E-state index in [0.29, 0.717) is 28.6 Å². The molecule has 1 heterocycles. The van der Waals surface area contributed by atoms with Crippen LogP contribution in [0.25, 0.3) is 0 Å². The molecule has 1 saturated heterocycles. The lowest BCUT2D eigenvalue weighted by Gasteiger charge is -2.26. The Labute approximate surface area is 192 Å². The van der Waals surface area contributed by atoms with Crippen LogP contribution in [0, 0.1) is 0 Å². The van der Waals surface area contributed by atoms with Crippen LogP contribution in [0.1, 0.15) is 22.3 Å². The van der Waals surface area contributed by atoms with E-state index in [1.54, 1.807) is 12.1 Å². The number of ether oxygens (including phenoxy) is 1. The highest BCUT2D eigenvalue weighted by Gasteiger charge is 2.22. The standard InChI is InChI=1S/C23H27Cl2N3O3/c24-19-8-7-18(16-20(19)25)22(29)27-21(15-17-5-2-1-3-6-17)23(30)26-9-4-10-28-11-13-31-14-12-28/h1-3,5-8,16,21H,4,9-15H2,(H,26,30)(H,27,29). The summed E-state index contributed by atoms with van der Waals surface area (Å²) in [6.07, 6.45) is 1.23. The maximum Gasteiger partial charge on any atom is 0.251 e. The number of hydrogen-bond donors (Lipinski definition) is 2. The van der Waals surface area contributed by atoms with Crippen LogP contribution in [-0.2, 0) is 16.0 Å². The molecule has 2 aromatic carbocycles. The number of amides is 2. The molecule has 6 nitrogen and oxygen atoms in total. The number of morpholine rings is 1. The van der Waals surface area contributed by atoms with Crippen LogP contribution in [0.5, 0.6) is 0 Å². The molecule has 1 unspecified atom stereocenters. The second-order valence-corrected chi connectivity index (χ2v) is 8.26. The van der Waals surface area contributed by atoms with Crippen molar-refractivity contribution in [3.8, 4) is 0 Å². The molecule has 0 aromatic heterocycles. The normalized spacial score (nSPS) is 15.3. The van der Waals surface area contributed by atoms with E-state index in [1.807, 2.05) is 30.3 Å². The Balaban J connectivity index is 1.58. The maximum absolute atomic E-state index is 12.9. The monoisotopic (exact) mass is 463 g/mol. The molecule has 1 aliphatic rings. The van der Waals surface area contributed by atoms with Gasteiger partial charge in [0.2, 0.25) is 5.91 Å². The summed E-state index contributed by atoms with van der Waals surface area (Å²) in [5, 5.41) is 6.47. The lowest BCUT2D eigenvalue weighted by atomic mass is 10.0. The second-order valence-electron chi connectivity index (χ2n) is 7.44. The zero-order chi connectivity index (χ0) is 22.1. The van der Waals surface area contributed by atoms with Gasteiger partial charge in [0.1, 0.15) is 6.04 Å². The Morgan fingerprint density at radius 1 is 1.03 bits per heavy atom. The van der Waals surface area contributed by atoms with Gasteiger partial charge in [-0.3, -0.25) is 14.5 Å². The summed E-state index contributed by atoms with van der Waals surface area (Å²) in [5.74, 6) is -0.581. The van der Waals surface area contributed by atoms with Crippen molar-refractivity contribution in [1.82, 2.24) is 15.5 Å². The van der Waals surface area contributed by atoms with Crippen LogP contribution in [0.3, 0.4) is 0 Å². The van der Waals surface area contributed by atoms with E-state index in [-0.39, 0.29) is 11.8 Å². The lowest BCUT2D eigenvalue weighted by Crippen LogP contribution is -2.48. The molecule has 1 aliphatic heterocycles. The van der Waals surface area contributed by atoms with Crippen molar-refractivity contribution in [3.63, 3.8) is 0 Å². The van der Waals surface area contributed by atoms with Gasteiger partial charge in [-0.15, -0.1) is 0 Å². The predicted molar refractivity (Wildman–Crippen MR) is 123 cm³/mol. The molecule has 2 amide bonds. The molecule has 1 fully saturated rings. The molecule has 31 heavy (non-hydrogen) atoms. The zero-order valence-corrected chi connectivity index (χ0v) is 18.8. The maximum atomic E-state index is 12.9. The zero-order valence-electron chi connectivity index (χ0n) is 17.3. The Bertz CT molecular complexity index is 874. The van der Waals surface area contributed by atoms with Gasteiger partial charge in [0.25, 0.3) is 5.91 Å². The largest absolute Gasteiger partial charge is 0.379 e. The van der Waals surface area contributed by atoms with E-state index >= 15 is 0 Å². The van der Waals surface area contributed by atoms with Gasteiger partial charge in [-0.05, 0) is 36.7 Å². The second kappa shape index (κ2) is 12.1. The predicted octanol–water partition coefficient (Wildman–Crippen LogP) is 3.17. The van der Waals surface area contributed by atoms with Crippen molar-refractivity contribution in [2.24, 2.45) is 0 Å². The fraction of sp³-hybridized carbons (Fsp3) is 0.391. The molecule has 8 heteroatoms. The molecule has 2 aromatic rings. The Kier molecular flexibility index (Phi) is 9.15. The van der Waals surface area contributed by atoms with Crippen LogP contribution in [-0.4, -0.2) is 62.1 Å². The SMILES string of the molecule is O=C(NC(Cc1ccccc1)C(=O)NCCCN1CCOCC1)c1ccc(Cl)c(Cl)c1. The summed E-state index contributed by atoms with van der Waals surface area (Å²) >= 11 is 12.0. The molecule has 0 radical (unpaired) electrons. The van der Waals surface area contributed by atoms with E-state index in [1.165, 1.54) is 6.07 Å². The smallest absolute Gasteiger partial charge is 0.251 e. The number of carbonyl (C=O) groups excluding carboxylic acids is 2. The molecule has 3 rings (SSSR count). The highest BCUT2D eigenvalue weighted by atomic mass is 35.5. The number of nitrogens with zero attached hydrogens (tertiary/aromatic N) is 1. The molecule has 2 N–H and O–H groups in total. The number of rotatable bonds is 9. The van der Waals surface area contributed by atoms with Gasteiger partial charge in [0, 0.05) is 31.6 Å². The van der Waals surface area contributed by atoms with E-state index < -0.39 is 6.04 Å². The summed E-state index contributed by atoms with van der Waals surface area (Å²) in [6.45, 7) is 4.81. The molecular formula is C23H27Cl2N3O3. The lowest BCUT2D eigenvalue weighted by molar-refractivity contribution is -0.123. The summed E-state index contributed by atoms with van der Waals surface area (Å²) in [7, 11) is 0. The van der Waals surface area contributed by atoms with Gasteiger partial charge < -0.3 is 15.4 Å². The molecule has 0 aliphatic carbocycles. The number of halogens is 2. The summed E-state index contributed by atoms with van der Waals surface area (Å²) in [6, 6.07) is 13.6. The quantitative estimate of drug-likeness (QED) is 0.560. The Morgan fingerprint density at radius 3 is 2.48 bits per heavy atom. The third kappa shape index (κ3) is 7.51. The summed E-state index contributed by atoms with van der Waals surface area (Å²) in [4.78, 5) is 27.9. The van der Waals surface area contributed by atoms with Gasteiger partial charge in [-0.25, -0.2) is 0 Å². The van der Waals surface area contributed by atoms with E-state index in [4.69, 9.17) is 27.9 Å². The van der Waals surface area contributed by atoms with Gasteiger partial charge >= 0.3 is 0 Å². The third-order valence-electron chi connectivity index (χ3n) is 5.14. The topological polar surface area (TPSA) is 70.7 Å². The van der Waals surface area contributed by atoms with E-state index in [9.17, 15) is 9.59 Å². The van der Waals surface area contributed by atoms with Crippen molar-refractivity contribution in [2.75, 3.05) is 39.4 Å². The fourth-order valence-corrected chi connectivity index (χ4v) is 3.70. The Morgan fingerprint density at radius 2 is 1.77 bits per heavy atom. The van der Waals surface area contributed by atoms with Crippen molar-refractivity contribution < 1.29 is 14.3 Å². The van der Waals surface area contributed by atoms with Gasteiger partial charge in [-0.1, -0.05) is 53.5 Å². The minimum atomic E-state index is -0.701. The van der Waals surface area contributed by atoms with Gasteiger partial charge in [-0.2, -0.15) is 0 Å². The fourth-order valence-electron chi connectivity index (χ4n) is 3.40. The first-order chi connectivity index (χ1) is 15.0. The van der Waals surface area contributed by atoms with Crippen LogP contribution in [0.15, 0.2) is 48.5 Å². The van der Waals surface area contributed by atoms with Crippen molar-refractivity contribution in [1.29, 1.82) is 0 Å².